The molecule has 0 spiro atoms. The maximum Gasteiger partial charge on any atom is 0.154 e. The minimum absolute atomic E-state index is 0.785. The fraction of sp³-hybridized carbons (Fsp3) is 0. The average molecular weight is 177 g/mol. The summed E-state index contributed by atoms with van der Waals surface area (Å²) in [7, 11) is 0. The first-order valence-corrected chi connectivity index (χ1v) is 3.97. The van der Waals surface area contributed by atoms with Gasteiger partial charge >= 0.3 is 0 Å². The molecule has 0 aliphatic carbocycles. The van der Waals surface area contributed by atoms with Crippen LogP contribution < -0.4 is 0 Å². The summed E-state index contributed by atoms with van der Waals surface area (Å²) in [6.45, 7) is 0. The zero-order valence-electron chi connectivity index (χ0n) is 6.25. The van der Waals surface area contributed by atoms with Crippen LogP contribution in [0, 0.1) is 0 Å². The quantitative estimate of drug-likeness (QED) is 0.670. The second kappa shape index (κ2) is 2.98. The molecule has 0 saturated heterocycles. The Morgan fingerprint density at radius 2 is 2.08 bits per heavy atom. The zero-order chi connectivity index (χ0) is 8.39. The van der Waals surface area contributed by atoms with Crippen LogP contribution in [0.15, 0.2) is 41.7 Å². The van der Waals surface area contributed by atoms with E-state index in [9.17, 15) is 0 Å². The molecular weight excluding hydrogens is 170 g/mol. The first-order valence-electron chi connectivity index (χ1n) is 3.52. The molecule has 2 aromatic rings. The van der Waals surface area contributed by atoms with Crippen molar-refractivity contribution in [2.45, 2.75) is 5.03 Å². The first kappa shape index (κ1) is 7.36. The summed E-state index contributed by atoms with van der Waals surface area (Å²) in [6.07, 6.45) is 3.42. The summed E-state index contributed by atoms with van der Waals surface area (Å²) in [4.78, 5) is 4.13. The highest BCUT2D eigenvalue weighted by molar-refractivity contribution is 7.80. The summed E-state index contributed by atoms with van der Waals surface area (Å²) in [5.41, 5.74) is 0. The van der Waals surface area contributed by atoms with E-state index in [-0.39, 0.29) is 0 Å². The second-order valence-corrected chi connectivity index (χ2v) is 2.75. The number of nitrogens with zero attached hydrogens (tertiary/aromatic N) is 3. The standard InChI is InChI=1S/C8H7N3S/c12-8-4-6-10-11(8)7-3-1-2-5-9-7/h1-6,12H. The molecule has 0 fully saturated rings. The molecule has 2 rings (SSSR count). The Morgan fingerprint density at radius 3 is 2.67 bits per heavy atom. The van der Waals surface area contributed by atoms with Crippen LogP contribution in [0.5, 0.6) is 0 Å². The molecular formula is C8H7N3S. The van der Waals surface area contributed by atoms with Gasteiger partial charge in [0.25, 0.3) is 0 Å². The number of pyridine rings is 1. The molecule has 0 saturated carbocycles. The first-order chi connectivity index (χ1) is 5.88. The van der Waals surface area contributed by atoms with Gasteiger partial charge in [-0.05, 0) is 18.2 Å². The van der Waals surface area contributed by atoms with Crippen LogP contribution in [0.1, 0.15) is 0 Å². The molecule has 0 N–H and O–H groups in total. The molecule has 0 unspecified atom stereocenters. The van der Waals surface area contributed by atoms with E-state index in [2.05, 4.69) is 22.7 Å². The van der Waals surface area contributed by atoms with Crippen molar-refractivity contribution in [2.75, 3.05) is 0 Å². The highest BCUT2D eigenvalue weighted by Gasteiger charge is 1.99. The van der Waals surface area contributed by atoms with E-state index in [1.807, 2.05) is 24.3 Å². The molecule has 0 bridgehead atoms. The van der Waals surface area contributed by atoms with Gasteiger partial charge < -0.3 is 0 Å². The van der Waals surface area contributed by atoms with Crippen LogP contribution in [0.3, 0.4) is 0 Å². The lowest BCUT2D eigenvalue weighted by atomic mass is 10.5. The molecule has 0 amide bonds. The van der Waals surface area contributed by atoms with Crippen molar-refractivity contribution in [3.05, 3.63) is 36.7 Å². The molecule has 2 aromatic heterocycles. The monoisotopic (exact) mass is 177 g/mol. The van der Waals surface area contributed by atoms with Crippen molar-refractivity contribution < 1.29 is 0 Å². The maximum atomic E-state index is 4.22. The summed E-state index contributed by atoms with van der Waals surface area (Å²) in [6, 6.07) is 7.48. The Hall–Kier alpha value is -1.29. The lowest BCUT2D eigenvalue weighted by Gasteiger charge is -1.99. The van der Waals surface area contributed by atoms with Gasteiger partial charge in [0.1, 0.15) is 0 Å². The SMILES string of the molecule is Sc1ccnn1-c1ccccn1. The highest BCUT2D eigenvalue weighted by Crippen LogP contribution is 2.09. The number of rotatable bonds is 1. The Kier molecular flexibility index (Phi) is 1.83. The van der Waals surface area contributed by atoms with Gasteiger partial charge in [-0.2, -0.15) is 5.10 Å². The van der Waals surface area contributed by atoms with Crippen LogP contribution in [-0.2, 0) is 0 Å². The van der Waals surface area contributed by atoms with Crippen LogP contribution >= 0.6 is 12.6 Å². The molecule has 3 nitrogen and oxygen atoms in total. The minimum Gasteiger partial charge on any atom is -0.237 e. The largest absolute Gasteiger partial charge is 0.237 e. The van der Waals surface area contributed by atoms with Crippen molar-refractivity contribution >= 4 is 12.6 Å². The van der Waals surface area contributed by atoms with Crippen LogP contribution in [0.2, 0.25) is 0 Å². The van der Waals surface area contributed by atoms with Crippen molar-refractivity contribution in [3.63, 3.8) is 0 Å². The van der Waals surface area contributed by atoms with Crippen molar-refractivity contribution in [1.82, 2.24) is 14.8 Å². The number of hydrogen-bond donors (Lipinski definition) is 1. The maximum absolute atomic E-state index is 4.22. The Balaban J connectivity index is 2.51. The van der Waals surface area contributed by atoms with Gasteiger partial charge in [0, 0.05) is 6.20 Å². The molecule has 0 atom stereocenters. The summed E-state index contributed by atoms with van der Waals surface area (Å²) < 4.78 is 1.67. The van der Waals surface area contributed by atoms with Gasteiger partial charge in [0.15, 0.2) is 5.82 Å². The van der Waals surface area contributed by atoms with Crippen molar-refractivity contribution in [2.24, 2.45) is 0 Å². The van der Waals surface area contributed by atoms with E-state index in [4.69, 9.17) is 0 Å². The van der Waals surface area contributed by atoms with Gasteiger partial charge in [0.2, 0.25) is 0 Å². The molecule has 0 radical (unpaired) electrons. The van der Waals surface area contributed by atoms with E-state index in [1.54, 1.807) is 17.1 Å². The zero-order valence-corrected chi connectivity index (χ0v) is 7.15. The highest BCUT2D eigenvalue weighted by atomic mass is 32.1. The lowest BCUT2D eigenvalue weighted by Crippen LogP contribution is -1.98. The molecule has 0 aliphatic heterocycles. The van der Waals surface area contributed by atoms with Crippen molar-refractivity contribution in [3.8, 4) is 5.82 Å². The molecule has 2 heterocycles. The molecule has 0 aliphatic rings. The minimum atomic E-state index is 0.785. The third-order valence-electron chi connectivity index (χ3n) is 1.49. The Labute approximate surface area is 75.5 Å². The van der Waals surface area contributed by atoms with Gasteiger partial charge in [-0.25, -0.2) is 9.67 Å². The molecule has 0 aromatic carbocycles. The lowest BCUT2D eigenvalue weighted by molar-refractivity contribution is 0.779. The van der Waals surface area contributed by atoms with Crippen LogP contribution in [0.25, 0.3) is 5.82 Å². The number of hydrogen-bond acceptors (Lipinski definition) is 3. The molecule has 60 valence electrons. The normalized spacial score (nSPS) is 10.1. The topological polar surface area (TPSA) is 30.7 Å². The van der Waals surface area contributed by atoms with Gasteiger partial charge in [-0.3, -0.25) is 0 Å². The number of aromatic nitrogens is 3. The van der Waals surface area contributed by atoms with E-state index in [0.717, 1.165) is 10.8 Å². The Morgan fingerprint density at radius 1 is 1.17 bits per heavy atom. The fourth-order valence-electron chi connectivity index (χ4n) is 0.952. The van der Waals surface area contributed by atoms with Gasteiger partial charge in [0.05, 0.1) is 11.2 Å². The van der Waals surface area contributed by atoms with Crippen molar-refractivity contribution in [1.29, 1.82) is 0 Å². The molecule has 4 heteroatoms. The summed E-state index contributed by atoms with van der Waals surface area (Å²) in [5, 5.41) is 4.85. The fourth-order valence-corrected chi connectivity index (χ4v) is 1.17. The summed E-state index contributed by atoms with van der Waals surface area (Å²) in [5.74, 6) is 0.785. The van der Waals surface area contributed by atoms with Crippen LogP contribution in [0.4, 0.5) is 0 Å². The third kappa shape index (κ3) is 1.21. The second-order valence-electron chi connectivity index (χ2n) is 2.29. The predicted octanol–water partition coefficient (Wildman–Crippen LogP) is 1.56. The van der Waals surface area contributed by atoms with Crippen LogP contribution in [-0.4, -0.2) is 14.8 Å². The average Bonchev–Trinajstić information content (AvgIpc) is 2.53. The third-order valence-corrected chi connectivity index (χ3v) is 1.83. The van der Waals surface area contributed by atoms with Gasteiger partial charge in [-0.1, -0.05) is 6.07 Å². The molecule has 12 heavy (non-hydrogen) atoms. The summed E-state index contributed by atoms with van der Waals surface area (Å²) >= 11 is 4.22. The Bertz CT molecular complexity index is 369. The van der Waals surface area contributed by atoms with Gasteiger partial charge in [-0.15, -0.1) is 12.6 Å². The smallest absolute Gasteiger partial charge is 0.154 e. The van der Waals surface area contributed by atoms with E-state index in [0.29, 0.717) is 0 Å². The van der Waals surface area contributed by atoms with E-state index >= 15 is 0 Å². The van der Waals surface area contributed by atoms with E-state index < -0.39 is 0 Å². The predicted molar refractivity (Wildman–Crippen MR) is 48.6 cm³/mol. The number of thiol groups is 1. The van der Waals surface area contributed by atoms with E-state index in [1.165, 1.54) is 0 Å².